The molecule has 0 radical (unpaired) electrons. The number of fused-ring (bicyclic) bond motifs is 1. The molecule has 7 nitrogen and oxygen atoms in total. The minimum Gasteiger partial charge on any atom is -0.489 e. The molecule has 1 aromatic carbocycles. The Hall–Kier alpha value is -2.77. The highest BCUT2D eigenvalue weighted by atomic mass is 16.5. The first-order chi connectivity index (χ1) is 14.3. The molecular weight excluding hydrogens is 368 g/mol. The number of aromatic nitrogens is 3. The molecule has 1 unspecified atom stereocenters. The molecular formula is C22H24N4O3. The van der Waals surface area contributed by atoms with Gasteiger partial charge in [0, 0.05) is 36.1 Å². The zero-order valence-electron chi connectivity index (χ0n) is 16.2. The van der Waals surface area contributed by atoms with E-state index < -0.39 is 0 Å². The van der Waals surface area contributed by atoms with Crippen LogP contribution >= 0.6 is 0 Å². The van der Waals surface area contributed by atoms with Crippen molar-refractivity contribution in [2.45, 2.75) is 38.0 Å². The molecule has 2 saturated heterocycles. The van der Waals surface area contributed by atoms with Crippen LogP contribution in [0.5, 0.6) is 5.75 Å². The summed E-state index contributed by atoms with van der Waals surface area (Å²) in [5.74, 6) is 1.85. The first-order valence-corrected chi connectivity index (χ1v) is 10.2. The van der Waals surface area contributed by atoms with Crippen molar-refractivity contribution in [1.29, 1.82) is 0 Å². The molecule has 4 heterocycles. The second-order valence-corrected chi connectivity index (χ2v) is 7.60. The number of hydrogen-bond donors (Lipinski definition) is 0. The van der Waals surface area contributed by atoms with Crippen LogP contribution in [0.3, 0.4) is 0 Å². The molecule has 2 aliphatic rings. The smallest absolute Gasteiger partial charge is 0.258 e. The summed E-state index contributed by atoms with van der Waals surface area (Å²) in [6.45, 7) is 3.16. The van der Waals surface area contributed by atoms with Crippen molar-refractivity contribution >= 4 is 0 Å². The highest BCUT2D eigenvalue weighted by Gasteiger charge is 2.33. The van der Waals surface area contributed by atoms with Gasteiger partial charge >= 0.3 is 0 Å². The van der Waals surface area contributed by atoms with Crippen molar-refractivity contribution in [2.24, 2.45) is 0 Å². The van der Waals surface area contributed by atoms with Gasteiger partial charge in [-0.05, 0) is 43.7 Å². The van der Waals surface area contributed by atoms with E-state index in [-0.39, 0.29) is 6.10 Å². The molecule has 0 aliphatic carbocycles. The lowest BCUT2D eigenvalue weighted by Gasteiger charge is -2.41. The van der Waals surface area contributed by atoms with E-state index in [4.69, 9.17) is 14.0 Å². The van der Waals surface area contributed by atoms with Crippen LogP contribution in [0.25, 0.3) is 11.5 Å². The van der Waals surface area contributed by atoms with Gasteiger partial charge < -0.3 is 14.0 Å². The summed E-state index contributed by atoms with van der Waals surface area (Å²) in [7, 11) is 0. The highest BCUT2D eigenvalue weighted by Crippen LogP contribution is 2.30. The SMILES string of the molecule is c1cncc(COc2cccc(-c3nc([C@H]4CN5CCCCC5CO4)no3)c2)c1. The van der Waals surface area contributed by atoms with E-state index in [0.717, 1.165) is 36.6 Å². The zero-order chi connectivity index (χ0) is 19.5. The Balaban J connectivity index is 1.26. The fourth-order valence-corrected chi connectivity index (χ4v) is 3.99. The van der Waals surface area contributed by atoms with Crippen LogP contribution in [0, 0.1) is 0 Å². The Kier molecular flexibility index (Phi) is 5.23. The van der Waals surface area contributed by atoms with E-state index in [1.165, 1.54) is 19.3 Å². The Bertz CT molecular complexity index is 946. The maximum absolute atomic E-state index is 6.04. The van der Waals surface area contributed by atoms with Crippen molar-refractivity contribution < 1.29 is 14.0 Å². The fourth-order valence-electron chi connectivity index (χ4n) is 3.99. The summed E-state index contributed by atoms with van der Waals surface area (Å²) in [6.07, 6.45) is 7.18. The molecule has 2 atom stereocenters. The van der Waals surface area contributed by atoms with Gasteiger partial charge in [0.05, 0.1) is 6.61 Å². The standard InChI is InChI=1S/C22H24N4O3/c1-2-10-26-13-20(28-15-18(26)7-1)21-24-22(29-25-21)17-6-3-8-19(11-17)27-14-16-5-4-9-23-12-16/h3-6,8-9,11-12,18,20H,1-2,7,10,13-15H2/t18?,20-/m1/s1. The maximum atomic E-state index is 6.04. The first-order valence-electron chi connectivity index (χ1n) is 10.2. The van der Waals surface area contributed by atoms with E-state index in [9.17, 15) is 0 Å². The number of ether oxygens (including phenoxy) is 2. The van der Waals surface area contributed by atoms with Gasteiger partial charge in [-0.2, -0.15) is 4.98 Å². The van der Waals surface area contributed by atoms with E-state index in [0.29, 0.717) is 24.4 Å². The molecule has 0 bridgehead atoms. The van der Waals surface area contributed by atoms with Crippen LogP contribution in [-0.2, 0) is 11.3 Å². The lowest BCUT2D eigenvalue weighted by Crippen LogP contribution is -2.49. The van der Waals surface area contributed by atoms with Gasteiger partial charge in [0.2, 0.25) is 5.82 Å². The van der Waals surface area contributed by atoms with Gasteiger partial charge in [-0.25, -0.2) is 0 Å². The summed E-state index contributed by atoms with van der Waals surface area (Å²) in [4.78, 5) is 11.2. The normalized spacial score (nSPS) is 22.2. The van der Waals surface area contributed by atoms with Crippen LogP contribution in [-0.4, -0.2) is 45.8 Å². The van der Waals surface area contributed by atoms with Crippen LogP contribution in [0.1, 0.15) is 36.8 Å². The third-order valence-electron chi connectivity index (χ3n) is 5.58. The minimum atomic E-state index is -0.133. The number of piperidine rings is 1. The molecule has 7 heteroatoms. The van der Waals surface area contributed by atoms with Gasteiger partial charge in [0.15, 0.2) is 0 Å². The average molecular weight is 392 g/mol. The molecule has 0 saturated carbocycles. The number of hydrogen-bond acceptors (Lipinski definition) is 7. The van der Waals surface area contributed by atoms with Gasteiger partial charge in [0.25, 0.3) is 5.89 Å². The lowest BCUT2D eigenvalue weighted by molar-refractivity contribution is -0.0805. The fraction of sp³-hybridized carbons (Fsp3) is 0.409. The Morgan fingerprint density at radius 2 is 2.17 bits per heavy atom. The molecule has 3 aromatic rings. The molecule has 150 valence electrons. The van der Waals surface area contributed by atoms with Gasteiger partial charge in [-0.1, -0.05) is 23.7 Å². The van der Waals surface area contributed by atoms with Crippen molar-refractivity contribution in [3.05, 3.63) is 60.2 Å². The second kappa shape index (κ2) is 8.31. The summed E-state index contributed by atoms with van der Waals surface area (Å²) >= 11 is 0. The maximum Gasteiger partial charge on any atom is 0.258 e. The first kappa shape index (κ1) is 18.3. The van der Waals surface area contributed by atoms with Crippen molar-refractivity contribution in [3.8, 4) is 17.2 Å². The monoisotopic (exact) mass is 392 g/mol. The van der Waals surface area contributed by atoms with Gasteiger partial charge in [0.1, 0.15) is 18.5 Å². The number of morpholine rings is 1. The van der Waals surface area contributed by atoms with E-state index in [1.54, 1.807) is 12.4 Å². The van der Waals surface area contributed by atoms with Crippen LogP contribution in [0.15, 0.2) is 53.3 Å². The molecule has 0 N–H and O–H groups in total. The van der Waals surface area contributed by atoms with Crippen LogP contribution < -0.4 is 4.74 Å². The summed E-state index contributed by atoms with van der Waals surface area (Å²) in [5.41, 5.74) is 1.85. The Morgan fingerprint density at radius 1 is 1.17 bits per heavy atom. The minimum absolute atomic E-state index is 0.133. The topological polar surface area (TPSA) is 73.5 Å². The van der Waals surface area contributed by atoms with E-state index >= 15 is 0 Å². The summed E-state index contributed by atoms with van der Waals surface area (Å²) < 4.78 is 17.4. The quantitative estimate of drug-likeness (QED) is 0.656. The van der Waals surface area contributed by atoms with E-state index in [2.05, 4.69) is 20.0 Å². The number of pyridine rings is 1. The average Bonchev–Trinajstić information content (AvgIpc) is 3.29. The highest BCUT2D eigenvalue weighted by molar-refractivity contribution is 5.55. The predicted octanol–water partition coefficient (Wildman–Crippen LogP) is 3.64. The Labute approximate surface area is 169 Å². The second-order valence-electron chi connectivity index (χ2n) is 7.60. The molecule has 0 amide bonds. The van der Waals surface area contributed by atoms with Crippen molar-refractivity contribution in [3.63, 3.8) is 0 Å². The third-order valence-corrected chi connectivity index (χ3v) is 5.58. The molecule has 2 aromatic heterocycles. The van der Waals surface area contributed by atoms with E-state index in [1.807, 2.05) is 36.4 Å². The van der Waals surface area contributed by atoms with Gasteiger partial charge in [-0.15, -0.1) is 0 Å². The largest absolute Gasteiger partial charge is 0.489 e. The summed E-state index contributed by atoms with van der Waals surface area (Å²) in [6, 6.07) is 12.1. The molecule has 2 fully saturated rings. The number of nitrogens with zero attached hydrogens (tertiary/aromatic N) is 4. The Morgan fingerprint density at radius 3 is 3.10 bits per heavy atom. The molecule has 5 rings (SSSR count). The van der Waals surface area contributed by atoms with Gasteiger partial charge in [-0.3, -0.25) is 9.88 Å². The zero-order valence-corrected chi connectivity index (χ0v) is 16.2. The third kappa shape index (κ3) is 4.16. The predicted molar refractivity (Wildman–Crippen MR) is 106 cm³/mol. The lowest BCUT2D eigenvalue weighted by atomic mass is 10.0. The molecule has 29 heavy (non-hydrogen) atoms. The number of benzene rings is 1. The van der Waals surface area contributed by atoms with Crippen LogP contribution in [0.4, 0.5) is 0 Å². The van der Waals surface area contributed by atoms with Crippen molar-refractivity contribution in [2.75, 3.05) is 19.7 Å². The van der Waals surface area contributed by atoms with Crippen LogP contribution in [0.2, 0.25) is 0 Å². The molecule has 2 aliphatic heterocycles. The van der Waals surface area contributed by atoms with Crippen molar-refractivity contribution in [1.82, 2.24) is 20.0 Å². The number of rotatable bonds is 5. The molecule has 0 spiro atoms. The summed E-state index contributed by atoms with van der Waals surface area (Å²) in [5, 5.41) is 4.19.